The van der Waals surface area contributed by atoms with Crippen LogP contribution >= 0.6 is 46.4 Å². The molecule has 0 amide bonds. The van der Waals surface area contributed by atoms with E-state index in [2.05, 4.69) is 4.74 Å². The van der Waals surface area contributed by atoms with Gasteiger partial charge in [0.1, 0.15) is 5.02 Å². The molecule has 0 radical (unpaired) electrons. The maximum absolute atomic E-state index is 13.1. The highest BCUT2D eigenvalue weighted by molar-refractivity contribution is 6.50. The van der Waals surface area contributed by atoms with E-state index in [0.29, 0.717) is 0 Å². The predicted octanol–water partition coefficient (Wildman–Crippen LogP) is 6.04. The van der Waals surface area contributed by atoms with E-state index in [9.17, 15) is 35.5 Å². The maximum Gasteiger partial charge on any atom is 0.460 e. The van der Waals surface area contributed by atoms with Crippen molar-refractivity contribution in [3.05, 3.63) is 26.2 Å². The van der Waals surface area contributed by atoms with E-state index in [0.717, 1.165) is 6.07 Å². The first kappa shape index (κ1) is 20.4. The van der Waals surface area contributed by atoms with E-state index in [1.165, 1.54) is 0 Å². The van der Waals surface area contributed by atoms with Gasteiger partial charge in [-0.1, -0.05) is 46.4 Å². The van der Waals surface area contributed by atoms with Gasteiger partial charge in [0.25, 0.3) is 0 Å². The van der Waals surface area contributed by atoms with Crippen LogP contribution in [0.3, 0.4) is 0 Å². The van der Waals surface area contributed by atoms with Crippen LogP contribution in [0.4, 0.5) is 30.7 Å². The Morgan fingerprint density at radius 3 is 1.78 bits per heavy atom. The van der Waals surface area contributed by atoms with Gasteiger partial charge < -0.3 is 4.74 Å². The molecule has 0 aliphatic heterocycles. The van der Waals surface area contributed by atoms with Gasteiger partial charge in [-0.25, -0.2) is 4.79 Å². The van der Waals surface area contributed by atoms with E-state index < -0.39 is 44.8 Å². The fraction of sp³-hybridized carbons (Fsp3) is 0.300. The predicted molar refractivity (Wildman–Crippen MR) is 68.1 cm³/mol. The zero-order valence-corrected chi connectivity index (χ0v) is 13.1. The van der Waals surface area contributed by atoms with E-state index in [4.69, 9.17) is 46.4 Å². The number of hydrogen-bond acceptors (Lipinski definition) is 2. The molecule has 0 fully saturated rings. The molecule has 1 aromatic carbocycles. The third-order valence-electron chi connectivity index (χ3n) is 2.27. The highest BCUT2D eigenvalue weighted by atomic mass is 35.5. The number of alkyl halides is 7. The first-order chi connectivity index (χ1) is 10.1. The van der Waals surface area contributed by atoms with Crippen LogP contribution in [-0.4, -0.2) is 24.0 Å². The van der Waals surface area contributed by atoms with E-state index >= 15 is 0 Å². The standard InChI is InChI=1S/C10HCl4F7O2/c11-2-1-3(12)6(5(14)4(2)13)23-7(22)8(15,16)9(17,18)10(19,20)21/h1H. The molecule has 1 aromatic rings. The molecule has 0 saturated carbocycles. The summed E-state index contributed by atoms with van der Waals surface area (Å²) in [5.41, 5.74) is 0. The number of esters is 1. The second-order valence-electron chi connectivity index (χ2n) is 3.83. The minimum atomic E-state index is -6.71. The minimum absolute atomic E-state index is 0.311. The first-order valence-corrected chi connectivity index (χ1v) is 6.53. The Kier molecular flexibility index (Phi) is 5.63. The molecule has 0 atom stereocenters. The smallest absolute Gasteiger partial charge is 0.419 e. The highest BCUT2D eigenvalue weighted by Gasteiger charge is 2.77. The summed E-state index contributed by atoms with van der Waals surface area (Å²) >= 11 is 21.9. The summed E-state index contributed by atoms with van der Waals surface area (Å²) in [6, 6.07) is 0.750. The Morgan fingerprint density at radius 1 is 0.870 bits per heavy atom. The van der Waals surface area contributed by atoms with Crippen LogP contribution in [0.1, 0.15) is 0 Å². The van der Waals surface area contributed by atoms with Gasteiger partial charge in [-0.3, -0.25) is 0 Å². The maximum atomic E-state index is 13.1. The van der Waals surface area contributed by atoms with Crippen molar-refractivity contribution in [1.82, 2.24) is 0 Å². The fourth-order valence-corrected chi connectivity index (χ4v) is 2.09. The molecule has 0 aromatic heterocycles. The molecule has 13 heteroatoms. The molecular weight excluding hydrogens is 427 g/mol. The summed E-state index contributed by atoms with van der Waals surface area (Å²) in [6.45, 7) is 0. The molecular formula is C10HCl4F7O2. The average Bonchev–Trinajstić information content (AvgIpc) is 2.39. The first-order valence-electron chi connectivity index (χ1n) is 5.02. The van der Waals surface area contributed by atoms with Gasteiger partial charge in [-0.05, 0) is 6.07 Å². The quantitative estimate of drug-likeness (QED) is 0.193. The number of carbonyl (C=O) groups excluding carboxylic acids is 1. The van der Waals surface area contributed by atoms with Crippen molar-refractivity contribution >= 4 is 52.4 Å². The van der Waals surface area contributed by atoms with Gasteiger partial charge >= 0.3 is 24.0 Å². The molecule has 0 aliphatic carbocycles. The van der Waals surface area contributed by atoms with Gasteiger partial charge in [0.2, 0.25) is 0 Å². The molecule has 2 nitrogen and oxygen atoms in total. The molecule has 0 spiro atoms. The van der Waals surface area contributed by atoms with Crippen molar-refractivity contribution in [1.29, 1.82) is 0 Å². The average molecular weight is 428 g/mol. The molecule has 0 N–H and O–H groups in total. The Morgan fingerprint density at radius 2 is 1.35 bits per heavy atom. The van der Waals surface area contributed by atoms with Gasteiger partial charge in [-0.2, -0.15) is 30.7 Å². The summed E-state index contributed by atoms with van der Waals surface area (Å²) in [5.74, 6) is -17.3. The van der Waals surface area contributed by atoms with Crippen LogP contribution in [0, 0.1) is 0 Å². The Hall–Kier alpha value is -0.640. The second kappa shape index (κ2) is 6.34. The number of hydrogen-bond donors (Lipinski definition) is 0. The van der Waals surface area contributed by atoms with Crippen molar-refractivity contribution in [3.63, 3.8) is 0 Å². The van der Waals surface area contributed by atoms with Crippen molar-refractivity contribution in [2.45, 2.75) is 18.0 Å². The summed E-state index contributed by atoms with van der Waals surface area (Å²) < 4.78 is 91.4. The molecule has 23 heavy (non-hydrogen) atoms. The minimum Gasteiger partial charge on any atom is -0.419 e. The largest absolute Gasteiger partial charge is 0.460 e. The van der Waals surface area contributed by atoms with E-state index in [1.54, 1.807) is 0 Å². The lowest BCUT2D eigenvalue weighted by atomic mass is 10.1. The summed E-state index contributed by atoms with van der Waals surface area (Å²) in [4.78, 5) is 11.1. The van der Waals surface area contributed by atoms with Crippen LogP contribution in [0.2, 0.25) is 20.1 Å². The SMILES string of the molecule is O=C(Oc1c(Cl)cc(Cl)c(Cl)c1Cl)C(F)(F)C(F)(F)C(F)(F)F. The summed E-state index contributed by atoms with van der Waals surface area (Å²) in [6.07, 6.45) is -6.71. The van der Waals surface area contributed by atoms with Crippen molar-refractivity contribution in [2.24, 2.45) is 0 Å². The van der Waals surface area contributed by atoms with Crippen molar-refractivity contribution < 1.29 is 40.3 Å². The second-order valence-corrected chi connectivity index (χ2v) is 5.40. The van der Waals surface area contributed by atoms with Gasteiger partial charge in [-0.15, -0.1) is 0 Å². The Bertz CT molecular complexity index is 645. The lowest BCUT2D eigenvalue weighted by Crippen LogP contribution is -2.57. The molecule has 0 heterocycles. The van der Waals surface area contributed by atoms with Crippen LogP contribution in [0.25, 0.3) is 0 Å². The molecule has 0 unspecified atom stereocenters. The molecule has 1 rings (SSSR count). The molecule has 0 aliphatic rings. The number of rotatable bonds is 3. The molecule has 130 valence electrons. The lowest BCUT2D eigenvalue weighted by Gasteiger charge is -2.26. The van der Waals surface area contributed by atoms with Gasteiger partial charge in [0.15, 0.2) is 5.75 Å². The number of benzene rings is 1. The topological polar surface area (TPSA) is 26.3 Å². The third kappa shape index (κ3) is 3.57. The van der Waals surface area contributed by atoms with Crippen molar-refractivity contribution in [2.75, 3.05) is 0 Å². The highest BCUT2D eigenvalue weighted by Crippen LogP contribution is 2.48. The Balaban J connectivity index is 3.26. The monoisotopic (exact) mass is 426 g/mol. The Labute approximate surface area is 143 Å². The summed E-state index contributed by atoms with van der Waals surface area (Å²) in [7, 11) is 0. The number of halogens is 11. The summed E-state index contributed by atoms with van der Waals surface area (Å²) in [5, 5.41) is -2.41. The normalized spacial score (nSPS) is 13.2. The number of carbonyl (C=O) groups is 1. The number of ether oxygens (including phenoxy) is 1. The fourth-order valence-electron chi connectivity index (χ4n) is 1.11. The zero-order valence-electron chi connectivity index (χ0n) is 10.1. The van der Waals surface area contributed by atoms with Gasteiger partial charge in [0, 0.05) is 0 Å². The van der Waals surface area contributed by atoms with Gasteiger partial charge in [0.05, 0.1) is 15.1 Å². The molecule has 0 bridgehead atoms. The van der Waals surface area contributed by atoms with E-state index in [1.807, 2.05) is 0 Å². The molecule has 0 saturated heterocycles. The van der Waals surface area contributed by atoms with Crippen LogP contribution < -0.4 is 4.74 Å². The zero-order chi connectivity index (χ0) is 18.4. The lowest BCUT2D eigenvalue weighted by molar-refractivity contribution is -0.346. The van der Waals surface area contributed by atoms with Crippen molar-refractivity contribution in [3.8, 4) is 5.75 Å². The van der Waals surface area contributed by atoms with Crippen LogP contribution in [0.15, 0.2) is 6.07 Å². The van der Waals surface area contributed by atoms with E-state index in [-0.39, 0.29) is 5.02 Å². The van der Waals surface area contributed by atoms with Crippen LogP contribution in [-0.2, 0) is 4.79 Å². The third-order valence-corrected chi connectivity index (χ3v) is 3.80. The van der Waals surface area contributed by atoms with Crippen LogP contribution in [0.5, 0.6) is 5.75 Å².